The predicted molar refractivity (Wildman–Crippen MR) is 99.8 cm³/mol. The minimum absolute atomic E-state index is 0.199. The van der Waals surface area contributed by atoms with Gasteiger partial charge in [0.1, 0.15) is 11.4 Å². The molecule has 0 aliphatic carbocycles. The van der Waals surface area contributed by atoms with Crippen LogP contribution in [-0.4, -0.2) is 53.0 Å². The number of para-hydroxylation sites is 1. The van der Waals surface area contributed by atoms with E-state index in [0.717, 1.165) is 26.2 Å². The summed E-state index contributed by atoms with van der Waals surface area (Å²) in [6.45, 7) is 8.04. The first kappa shape index (κ1) is 17.2. The van der Waals surface area contributed by atoms with Gasteiger partial charge < -0.3 is 16.0 Å². The van der Waals surface area contributed by atoms with Crippen LogP contribution in [0.1, 0.15) is 24.2 Å². The maximum atomic E-state index is 12.3. The Kier molecular flexibility index (Phi) is 5.14. The average molecular weight is 340 g/mol. The Labute approximate surface area is 147 Å². The third kappa shape index (κ3) is 4.06. The van der Waals surface area contributed by atoms with Gasteiger partial charge in [0.2, 0.25) is 5.95 Å². The fourth-order valence-corrected chi connectivity index (χ4v) is 2.87. The van der Waals surface area contributed by atoms with E-state index in [1.807, 2.05) is 30.3 Å². The normalized spacial score (nSPS) is 15.4. The number of aromatic nitrogens is 2. The van der Waals surface area contributed by atoms with Crippen LogP contribution in [0.15, 0.2) is 36.5 Å². The molecular weight excluding hydrogens is 316 g/mol. The zero-order valence-electron chi connectivity index (χ0n) is 14.6. The minimum Gasteiger partial charge on any atom is -0.383 e. The topological polar surface area (TPSA) is 87.4 Å². The zero-order valence-corrected chi connectivity index (χ0v) is 14.6. The summed E-state index contributed by atoms with van der Waals surface area (Å²) in [7, 11) is 0. The quantitative estimate of drug-likeness (QED) is 0.883. The Balaban J connectivity index is 1.68. The van der Waals surface area contributed by atoms with Gasteiger partial charge in [-0.25, -0.2) is 4.98 Å². The lowest BCUT2D eigenvalue weighted by atomic mass is 10.2. The van der Waals surface area contributed by atoms with Crippen molar-refractivity contribution in [3.8, 4) is 0 Å². The van der Waals surface area contributed by atoms with E-state index in [-0.39, 0.29) is 17.3 Å². The maximum absolute atomic E-state index is 12.3. The van der Waals surface area contributed by atoms with Crippen LogP contribution in [0.2, 0.25) is 0 Å². The number of carbonyl (C=O) groups is 1. The van der Waals surface area contributed by atoms with Gasteiger partial charge in [0, 0.05) is 44.1 Å². The van der Waals surface area contributed by atoms with Crippen molar-refractivity contribution in [2.24, 2.45) is 0 Å². The molecule has 1 aromatic heterocycles. The molecule has 1 saturated heterocycles. The smallest absolute Gasteiger partial charge is 0.260 e. The molecule has 132 valence electrons. The predicted octanol–water partition coefficient (Wildman–Crippen LogP) is 1.84. The van der Waals surface area contributed by atoms with Crippen LogP contribution in [0, 0.1) is 0 Å². The fourth-order valence-electron chi connectivity index (χ4n) is 2.87. The highest BCUT2D eigenvalue weighted by Gasteiger charge is 2.22. The average Bonchev–Trinajstić information content (AvgIpc) is 2.62. The van der Waals surface area contributed by atoms with Crippen molar-refractivity contribution in [3.63, 3.8) is 0 Å². The number of benzene rings is 1. The van der Waals surface area contributed by atoms with E-state index < -0.39 is 0 Å². The summed E-state index contributed by atoms with van der Waals surface area (Å²) in [6.07, 6.45) is 1.50. The van der Waals surface area contributed by atoms with Crippen LogP contribution >= 0.6 is 0 Å². The van der Waals surface area contributed by atoms with Gasteiger partial charge in [-0.15, -0.1) is 0 Å². The van der Waals surface area contributed by atoms with E-state index in [4.69, 9.17) is 5.73 Å². The van der Waals surface area contributed by atoms with E-state index in [0.29, 0.717) is 17.7 Å². The number of rotatable bonds is 4. The summed E-state index contributed by atoms with van der Waals surface area (Å²) in [5, 5.41) is 2.80. The number of amides is 1. The van der Waals surface area contributed by atoms with E-state index in [9.17, 15) is 4.79 Å². The highest BCUT2D eigenvalue weighted by molar-refractivity contribution is 6.07. The van der Waals surface area contributed by atoms with Gasteiger partial charge in [0.25, 0.3) is 5.91 Å². The van der Waals surface area contributed by atoms with Crippen molar-refractivity contribution >= 4 is 23.4 Å². The number of piperazine rings is 1. The van der Waals surface area contributed by atoms with E-state index in [1.165, 1.54) is 6.20 Å². The maximum Gasteiger partial charge on any atom is 0.260 e. The zero-order chi connectivity index (χ0) is 17.8. The van der Waals surface area contributed by atoms with Crippen LogP contribution in [0.5, 0.6) is 0 Å². The van der Waals surface area contributed by atoms with Crippen molar-refractivity contribution in [2.75, 3.05) is 42.1 Å². The number of anilines is 3. The molecule has 25 heavy (non-hydrogen) atoms. The lowest BCUT2D eigenvalue weighted by Crippen LogP contribution is -2.49. The van der Waals surface area contributed by atoms with Crippen LogP contribution in [0.25, 0.3) is 0 Å². The van der Waals surface area contributed by atoms with Gasteiger partial charge in [-0.1, -0.05) is 18.2 Å². The molecule has 3 N–H and O–H groups in total. The lowest BCUT2D eigenvalue weighted by Gasteiger charge is -2.36. The van der Waals surface area contributed by atoms with Crippen molar-refractivity contribution in [3.05, 3.63) is 42.1 Å². The Bertz CT molecular complexity index is 726. The first-order valence-electron chi connectivity index (χ1n) is 8.52. The molecule has 0 radical (unpaired) electrons. The molecule has 0 spiro atoms. The number of nitrogens with zero attached hydrogens (tertiary/aromatic N) is 4. The molecule has 7 heteroatoms. The van der Waals surface area contributed by atoms with Gasteiger partial charge in [-0.3, -0.25) is 9.69 Å². The molecule has 1 amide bonds. The Morgan fingerprint density at radius 2 is 1.84 bits per heavy atom. The lowest BCUT2D eigenvalue weighted by molar-refractivity contribution is 0.102. The third-order valence-electron chi connectivity index (χ3n) is 4.41. The van der Waals surface area contributed by atoms with Crippen molar-refractivity contribution in [1.29, 1.82) is 0 Å². The largest absolute Gasteiger partial charge is 0.383 e. The Hall–Kier alpha value is -2.67. The Morgan fingerprint density at radius 3 is 2.44 bits per heavy atom. The number of nitrogens with one attached hydrogen (secondary N) is 1. The number of nitrogens with two attached hydrogens (primary N) is 1. The molecule has 1 fully saturated rings. The van der Waals surface area contributed by atoms with Gasteiger partial charge in [0.15, 0.2) is 0 Å². The first-order chi connectivity index (χ1) is 12.0. The van der Waals surface area contributed by atoms with E-state index in [2.05, 4.69) is 38.9 Å². The van der Waals surface area contributed by atoms with Crippen molar-refractivity contribution in [1.82, 2.24) is 14.9 Å². The number of nitrogen functional groups attached to an aromatic ring is 1. The monoisotopic (exact) mass is 340 g/mol. The first-order valence-corrected chi connectivity index (χ1v) is 8.52. The molecule has 1 aromatic carbocycles. The molecule has 1 aliphatic rings. The third-order valence-corrected chi connectivity index (χ3v) is 4.41. The van der Waals surface area contributed by atoms with E-state index in [1.54, 1.807) is 0 Å². The molecular formula is C18H24N6O. The summed E-state index contributed by atoms with van der Waals surface area (Å²) in [5.74, 6) is 0.474. The van der Waals surface area contributed by atoms with Crippen molar-refractivity contribution < 1.29 is 4.79 Å². The van der Waals surface area contributed by atoms with E-state index >= 15 is 0 Å². The summed E-state index contributed by atoms with van der Waals surface area (Å²) in [6, 6.07) is 9.78. The molecule has 0 bridgehead atoms. The van der Waals surface area contributed by atoms with Crippen LogP contribution in [0.4, 0.5) is 17.5 Å². The second-order valence-corrected chi connectivity index (χ2v) is 6.41. The summed E-state index contributed by atoms with van der Waals surface area (Å²) in [5.41, 5.74) is 7.00. The highest BCUT2D eigenvalue weighted by atomic mass is 16.1. The summed E-state index contributed by atoms with van der Waals surface area (Å²) < 4.78 is 0. The van der Waals surface area contributed by atoms with Crippen molar-refractivity contribution in [2.45, 2.75) is 19.9 Å². The number of hydrogen-bond donors (Lipinski definition) is 2. The molecule has 0 atom stereocenters. The minimum atomic E-state index is -0.306. The van der Waals surface area contributed by atoms with Crippen LogP contribution in [-0.2, 0) is 0 Å². The molecule has 3 rings (SSSR count). The summed E-state index contributed by atoms with van der Waals surface area (Å²) in [4.78, 5) is 25.6. The highest BCUT2D eigenvalue weighted by Crippen LogP contribution is 2.17. The van der Waals surface area contributed by atoms with Gasteiger partial charge in [-0.05, 0) is 26.0 Å². The molecule has 0 saturated carbocycles. The molecule has 2 aromatic rings. The van der Waals surface area contributed by atoms with Crippen LogP contribution in [0.3, 0.4) is 0 Å². The van der Waals surface area contributed by atoms with Gasteiger partial charge in [-0.2, -0.15) is 4.98 Å². The van der Waals surface area contributed by atoms with Gasteiger partial charge >= 0.3 is 0 Å². The molecule has 1 aliphatic heterocycles. The Morgan fingerprint density at radius 1 is 1.16 bits per heavy atom. The number of hydrogen-bond acceptors (Lipinski definition) is 6. The second kappa shape index (κ2) is 7.48. The van der Waals surface area contributed by atoms with Gasteiger partial charge in [0.05, 0.1) is 0 Å². The fraction of sp³-hybridized carbons (Fsp3) is 0.389. The molecule has 0 unspecified atom stereocenters. The summed E-state index contributed by atoms with van der Waals surface area (Å²) >= 11 is 0. The molecule has 7 nitrogen and oxygen atoms in total. The SMILES string of the molecule is CC(C)N1CCN(c2ncc(C(=O)Nc3ccccc3)c(N)n2)CC1. The second-order valence-electron chi connectivity index (χ2n) is 6.41. The standard InChI is InChI=1S/C18H24N6O/c1-13(2)23-8-10-24(11-9-23)18-20-12-15(16(19)22-18)17(25)21-14-6-4-3-5-7-14/h3-7,12-13H,8-11H2,1-2H3,(H,21,25)(H2,19,20,22). The van der Waals surface area contributed by atoms with Crippen LogP contribution < -0.4 is 16.0 Å². The molecule has 2 heterocycles. The number of carbonyl (C=O) groups excluding carboxylic acids is 1.